The highest BCUT2D eigenvalue weighted by molar-refractivity contribution is 8.13. The van der Waals surface area contributed by atoms with Crippen LogP contribution in [0.3, 0.4) is 0 Å². The Labute approximate surface area is 117 Å². The number of aromatic nitrogens is 2. The zero-order chi connectivity index (χ0) is 15.1. The minimum atomic E-state index is -4.60. The van der Waals surface area contributed by atoms with Crippen molar-refractivity contribution in [2.45, 2.75) is 37.8 Å². The van der Waals surface area contributed by atoms with Crippen molar-refractivity contribution >= 4 is 16.8 Å². The second-order valence-corrected chi connectivity index (χ2v) is 6.12. The molecule has 2 heterocycles. The molecular formula is C11H14F3N3O2S. The van der Waals surface area contributed by atoms with E-state index in [2.05, 4.69) is 10.3 Å². The first kappa shape index (κ1) is 15.0. The first-order valence-corrected chi connectivity index (χ1v) is 6.78. The maximum absolute atomic E-state index is 12.8. The molecule has 1 aromatic rings. The minimum absolute atomic E-state index is 0.0627. The van der Waals surface area contributed by atoms with Crippen LogP contribution in [0.5, 0.6) is 5.88 Å². The smallest absolute Gasteiger partial charge is 0.435 e. The van der Waals surface area contributed by atoms with Gasteiger partial charge < -0.3 is 9.94 Å². The lowest BCUT2D eigenvalue weighted by Gasteiger charge is -2.13. The van der Waals surface area contributed by atoms with Gasteiger partial charge in [0.2, 0.25) is 5.88 Å². The third-order valence-electron chi connectivity index (χ3n) is 2.74. The SMILES string of the molecule is Cn1nc(C(F)(F)F)c(CSC2=NOC(C)(C)C2)c1O. The van der Waals surface area contributed by atoms with E-state index in [4.69, 9.17) is 4.84 Å². The number of oxime groups is 1. The van der Waals surface area contributed by atoms with E-state index in [1.165, 1.54) is 7.05 Å². The Hall–Kier alpha value is -1.38. The van der Waals surface area contributed by atoms with Crippen LogP contribution in [0.15, 0.2) is 5.16 Å². The molecule has 0 atom stereocenters. The van der Waals surface area contributed by atoms with Crippen molar-refractivity contribution in [3.63, 3.8) is 0 Å². The van der Waals surface area contributed by atoms with Gasteiger partial charge in [0.15, 0.2) is 5.69 Å². The van der Waals surface area contributed by atoms with Gasteiger partial charge in [0.1, 0.15) is 10.6 Å². The zero-order valence-electron chi connectivity index (χ0n) is 11.2. The topological polar surface area (TPSA) is 59.6 Å². The molecule has 0 bridgehead atoms. The van der Waals surface area contributed by atoms with E-state index < -0.39 is 23.4 Å². The molecule has 0 unspecified atom stereocenters. The molecule has 0 amide bonds. The number of aryl methyl sites for hydroxylation is 1. The van der Waals surface area contributed by atoms with Gasteiger partial charge in [-0.25, -0.2) is 4.68 Å². The molecule has 20 heavy (non-hydrogen) atoms. The third-order valence-corrected chi connectivity index (χ3v) is 3.72. The molecule has 5 nitrogen and oxygen atoms in total. The van der Waals surface area contributed by atoms with Crippen LogP contribution in [-0.4, -0.2) is 25.5 Å². The summed E-state index contributed by atoms with van der Waals surface area (Å²) in [6.07, 6.45) is -4.07. The predicted octanol–water partition coefficient (Wildman–Crippen LogP) is 2.89. The first-order chi connectivity index (χ1) is 9.10. The van der Waals surface area contributed by atoms with Crippen LogP contribution in [0, 0.1) is 0 Å². The van der Waals surface area contributed by atoms with Crippen molar-refractivity contribution in [1.82, 2.24) is 9.78 Å². The number of rotatable bonds is 2. The lowest BCUT2D eigenvalue weighted by molar-refractivity contribution is -0.141. The fourth-order valence-electron chi connectivity index (χ4n) is 1.76. The standard InChI is InChI=1S/C11H14F3N3O2S/c1-10(2)4-7(16-19-10)20-5-6-8(11(12,13)14)15-17(3)9(6)18/h18H,4-5H2,1-3H3. The molecule has 0 fully saturated rings. The number of aromatic hydroxyl groups is 1. The van der Waals surface area contributed by atoms with E-state index in [9.17, 15) is 18.3 Å². The van der Waals surface area contributed by atoms with Crippen molar-refractivity contribution in [2.24, 2.45) is 12.2 Å². The van der Waals surface area contributed by atoms with Crippen LogP contribution in [-0.2, 0) is 23.8 Å². The highest BCUT2D eigenvalue weighted by Crippen LogP contribution is 2.38. The number of thioether (sulfide) groups is 1. The highest BCUT2D eigenvalue weighted by atomic mass is 32.2. The minimum Gasteiger partial charge on any atom is -0.493 e. The summed E-state index contributed by atoms with van der Waals surface area (Å²) in [5, 5.41) is 17.4. The molecule has 1 aliphatic rings. The molecular weight excluding hydrogens is 295 g/mol. The Morgan fingerprint density at radius 3 is 2.60 bits per heavy atom. The quantitative estimate of drug-likeness (QED) is 0.912. The second-order valence-electron chi connectivity index (χ2n) is 5.07. The lowest BCUT2D eigenvalue weighted by atomic mass is 10.1. The Kier molecular flexibility index (Phi) is 3.66. The fraction of sp³-hybridized carbons (Fsp3) is 0.636. The first-order valence-electron chi connectivity index (χ1n) is 5.80. The molecule has 0 aliphatic carbocycles. The van der Waals surface area contributed by atoms with E-state index in [-0.39, 0.29) is 11.3 Å². The van der Waals surface area contributed by atoms with Crippen molar-refractivity contribution in [2.75, 3.05) is 0 Å². The summed E-state index contributed by atoms with van der Waals surface area (Å²) < 4.78 is 39.3. The molecule has 9 heteroatoms. The van der Waals surface area contributed by atoms with E-state index in [1.807, 2.05) is 13.8 Å². The molecule has 2 rings (SSSR count). The molecule has 0 saturated heterocycles. The maximum atomic E-state index is 12.8. The molecule has 1 aromatic heterocycles. The zero-order valence-corrected chi connectivity index (χ0v) is 12.0. The van der Waals surface area contributed by atoms with Crippen LogP contribution in [0.25, 0.3) is 0 Å². The van der Waals surface area contributed by atoms with E-state index in [0.717, 1.165) is 16.4 Å². The van der Waals surface area contributed by atoms with Gasteiger partial charge >= 0.3 is 6.18 Å². The van der Waals surface area contributed by atoms with Gasteiger partial charge in [-0.15, -0.1) is 11.8 Å². The van der Waals surface area contributed by atoms with Crippen molar-refractivity contribution in [1.29, 1.82) is 0 Å². The Balaban J connectivity index is 2.14. The van der Waals surface area contributed by atoms with Crippen molar-refractivity contribution in [3.05, 3.63) is 11.3 Å². The average molecular weight is 309 g/mol. The van der Waals surface area contributed by atoms with Crippen LogP contribution in [0.2, 0.25) is 0 Å². The summed E-state index contributed by atoms with van der Waals surface area (Å²) in [6, 6.07) is 0. The number of hydrogen-bond donors (Lipinski definition) is 1. The number of hydrogen-bond acceptors (Lipinski definition) is 5. The molecule has 112 valence electrons. The van der Waals surface area contributed by atoms with Gasteiger partial charge in [0.05, 0.1) is 5.56 Å². The van der Waals surface area contributed by atoms with E-state index in [0.29, 0.717) is 11.5 Å². The van der Waals surface area contributed by atoms with E-state index >= 15 is 0 Å². The van der Waals surface area contributed by atoms with Crippen LogP contribution >= 0.6 is 11.8 Å². The number of halogens is 3. The van der Waals surface area contributed by atoms with Crippen LogP contribution in [0.1, 0.15) is 31.5 Å². The molecule has 1 aliphatic heterocycles. The number of nitrogens with zero attached hydrogens (tertiary/aromatic N) is 3. The summed E-state index contributed by atoms with van der Waals surface area (Å²) in [7, 11) is 1.26. The van der Waals surface area contributed by atoms with Gasteiger partial charge in [0.25, 0.3) is 0 Å². The van der Waals surface area contributed by atoms with Crippen LogP contribution in [0.4, 0.5) is 13.2 Å². The third kappa shape index (κ3) is 3.02. The molecule has 0 spiro atoms. The number of alkyl halides is 3. The summed E-state index contributed by atoms with van der Waals surface area (Å²) in [4.78, 5) is 5.14. The Bertz CT molecular complexity index is 552. The summed E-state index contributed by atoms with van der Waals surface area (Å²) in [5.41, 5.74) is -1.74. The van der Waals surface area contributed by atoms with Gasteiger partial charge in [-0.3, -0.25) is 0 Å². The monoisotopic (exact) mass is 309 g/mol. The fourth-order valence-corrected chi connectivity index (χ4v) is 2.87. The van der Waals surface area contributed by atoms with Gasteiger partial charge in [-0.2, -0.15) is 18.3 Å². The van der Waals surface area contributed by atoms with Gasteiger partial charge in [-0.1, -0.05) is 5.16 Å². The molecule has 0 saturated carbocycles. The second kappa shape index (κ2) is 4.87. The van der Waals surface area contributed by atoms with Gasteiger partial charge in [0, 0.05) is 19.2 Å². The molecule has 1 N–H and O–H groups in total. The molecule has 0 aromatic carbocycles. The largest absolute Gasteiger partial charge is 0.493 e. The molecule has 0 radical (unpaired) electrons. The Morgan fingerprint density at radius 2 is 2.10 bits per heavy atom. The van der Waals surface area contributed by atoms with Gasteiger partial charge in [-0.05, 0) is 13.8 Å². The summed E-state index contributed by atoms with van der Waals surface area (Å²) in [5.74, 6) is -0.545. The highest BCUT2D eigenvalue weighted by Gasteiger charge is 2.39. The van der Waals surface area contributed by atoms with Crippen molar-refractivity contribution < 1.29 is 23.1 Å². The maximum Gasteiger partial charge on any atom is 0.435 e. The summed E-state index contributed by atoms with van der Waals surface area (Å²) in [6.45, 7) is 3.68. The van der Waals surface area contributed by atoms with Crippen molar-refractivity contribution in [3.8, 4) is 5.88 Å². The summed E-state index contributed by atoms with van der Waals surface area (Å²) >= 11 is 1.11. The normalized spacial score (nSPS) is 18.0. The van der Waals surface area contributed by atoms with E-state index in [1.54, 1.807) is 0 Å². The lowest BCUT2D eigenvalue weighted by Crippen LogP contribution is -2.18. The van der Waals surface area contributed by atoms with Crippen LogP contribution < -0.4 is 0 Å². The average Bonchev–Trinajstić information content (AvgIpc) is 2.78. The predicted molar refractivity (Wildman–Crippen MR) is 68.4 cm³/mol. The Morgan fingerprint density at radius 1 is 1.45 bits per heavy atom.